The van der Waals surface area contributed by atoms with Crippen LogP contribution in [-0.2, 0) is 11.3 Å². The van der Waals surface area contributed by atoms with E-state index in [1.165, 1.54) is 12.8 Å². The summed E-state index contributed by atoms with van der Waals surface area (Å²) in [6.45, 7) is 4.92. The van der Waals surface area contributed by atoms with Crippen LogP contribution in [0, 0.1) is 11.8 Å². The maximum absolute atomic E-state index is 12.0. The number of nitrogens with one attached hydrogen (secondary N) is 2. The summed E-state index contributed by atoms with van der Waals surface area (Å²) in [4.78, 5) is 12.0. The van der Waals surface area contributed by atoms with Gasteiger partial charge < -0.3 is 10.6 Å². The topological polar surface area (TPSA) is 41.1 Å². The first-order valence-corrected chi connectivity index (χ1v) is 7.75. The molecule has 2 unspecified atom stereocenters. The Kier molecular flexibility index (Phi) is 5.86. The number of rotatable bonds is 5. The fourth-order valence-corrected chi connectivity index (χ4v) is 2.82. The predicted molar refractivity (Wildman–Crippen MR) is 82.7 cm³/mol. The van der Waals surface area contributed by atoms with Gasteiger partial charge in [-0.25, -0.2) is 0 Å². The minimum absolute atomic E-state index is 0.137. The summed E-state index contributed by atoms with van der Waals surface area (Å²) in [5, 5.41) is 7.11. The van der Waals surface area contributed by atoms with E-state index in [0.29, 0.717) is 24.8 Å². The summed E-state index contributed by atoms with van der Waals surface area (Å²) in [5.74, 6) is 1.20. The zero-order valence-corrected chi connectivity index (χ0v) is 12.7. The summed E-state index contributed by atoms with van der Waals surface area (Å²) in [5.41, 5.74) is 1.08. The highest BCUT2D eigenvalue weighted by Gasteiger charge is 2.21. The van der Waals surface area contributed by atoms with Crippen molar-refractivity contribution in [1.82, 2.24) is 10.6 Å². The number of amides is 1. The van der Waals surface area contributed by atoms with E-state index in [9.17, 15) is 4.79 Å². The number of hydrogen-bond acceptors (Lipinski definition) is 2. The molecule has 1 aromatic rings. The predicted octanol–water partition coefficient (Wildman–Crippen LogP) is 2.98. The molecule has 1 aliphatic rings. The van der Waals surface area contributed by atoms with Crippen molar-refractivity contribution in [3.8, 4) is 0 Å². The van der Waals surface area contributed by atoms with Crippen LogP contribution in [0.3, 0.4) is 0 Å². The Bertz CT molecular complexity index is 427. The van der Waals surface area contributed by atoms with Crippen molar-refractivity contribution in [2.75, 3.05) is 13.1 Å². The summed E-state index contributed by atoms with van der Waals surface area (Å²) >= 11 is 5.84. The molecule has 2 rings (SSSR count). The first kappa shape index (κ1) is 15.3. The molecule has 0 aromatic heterocycles. The molecule has 0 spiro atoms. The molecule has 1 saturated heterocycles. The molecule has 2 atom stereocenters. The van der Waals surface area contributed by atoms with Crippen LogP contribution in [0.4, 0.5) is 0 Å². The van der Waals surface area contributed by atoms with E-state index in [4.69, 9.17) is 11.6 Å². The minimum atomic E-state index is 0.137. The quantitative estimate of drug-likeness (QED) is 0.876. The number of carbonyl (C=O) groups is 1. The van der Waals surface area contributed by atoms with Crippen LogP contribution in [0.15, 0.2) is 24.3 Å². The molecule has 1 amide bonds. The molecule has 4 heteroatoms. The van der Waals surface area contributed by atoms with Gasteiger partial charge >= 0.3 is 0 Å². The van der Waals surface area contributed by atoms with Gasteiger partial charge in [0.05, 0.1) is 0 Å². The lowest BCUT2D eigenvalue weighted by atomic mass is 9.85. The van der Waals surface area contributed by atoms with Crippen molar-refractivity contribution >= 4 is 17.5 Å². The average molecular weight is 295 g/mol. The number of piperidine rings is 1. The van der Waals surface area contributed by atoms with E-state index in [1.54, 1.807) is 0 Å². The molecule has 1 heterocycles. The van der Waals surface area contributed by atoms with Gasteiger partial charge in [0, 0.05) is 18.0 Å². The Balaban J connectivity index is 1.73. The van der Waals surface area contributed by atoms with Crippen molar-refractivity contribution in [1.29, 1.82) is 0 Å². The van der Waals surface area contributed by atoms with Crippen molar-refractivity contribution in [2.24, 2.45) is 11.8 Å². The fraction of sp³-hybridized carbons (Fsp3) is 0.562. The van der Waals surface area contributed by atoms with Gasteiger partial charge in [-0.1, -0.05) is 30.7 Å². The van der Waals surface area contributed by atoms with Gasteiger partial charge in [-0.05, 0) is 55.5 Å². The lowest BCUT2D eigenvalue weighted by Crippen LogP contribution is -2.35. The number of hydrogen-bond donors (Lipinski definition) is 2. The van der Waals surface area contributed by atoms with E-state index in [1.807, 2.05) is 24.3 Å². The SMILES string of the molecule is CC(CC(=O)NCc1ccc(Cl)cc1)C1CCCNC1. The Morgan fingerprint density at radius 2 is 2.20 bits per heavy atom. The van der Waals surface area contributed by atoms with Crippen LogP contribution in [-0.4, -0.2) is 19.0 Å². The molecule has 1 fully saturated rings. The maximum Gasteiger partial charge on any atom is 0.220 e. The lowest BCUT2D eigenvalue weighted by Gasteiger charge is -2.28. The van der Waals surface area contributed by atoms with Crippen LogP contribution in [0.25, 0.3) is 0 Å². The van der Waals surface area contributed by atoms with E-state index in [-0.39, 0.29) is 5.91 Å². The van der Waals surface area contributed by atoms with E-state index < -0.39 is 0 Å². The molecule has 0 bridgehead atoms. The van der Waals surface area contributed by atoms with Gasteiger partial charge in [0.25, 0.3) is 0 Å². The third kappa shape index (κ3) is 4.80. The molecule has 0 radical (unpaired) electrons. The van der Waals surface area contributed by atoms with Gasteiger partial charge in [-0.3, -0.25) is 4.79 Å². The molecule has 1 aromatic carbocycles. The van der Waals surface area contributed by atoms with Crippen LogP contribution in [0.1, 0.15) is 31.7 Å². The van der Waals surface area contributed by atoms with Crippen LogP contribution in [0.5, 0.6) is 0 Å². The second kappa shape index (κ2) is 7.65. The fourth-order valence-electron chi connectivity index (χ4n) is 2.70. The van der Waals surface area contributed by atoms with Crippen molar-refractivity contribution in [2.45, 2.75) is 32.7 Å². The molecule has 0 aliphatic carbocycles. The van der Waals surface area contributed by atoms with E-state index in [2.05, 4.69) is 17.6 Å². The highest BCUT2D eigenvalue weighted by Crippen LogP contribution is 2.22. The number of benzene rings is 1. The van der Waals surface area contributed by atoms with Gasteiger partial charge in [0.15, 0.2) is 0 Å². The van der Waals surface area contributed by atoms with Crippen molar-refractivity contribution in [3.63, 3.8) is 0 Å². The van der Waals surface area contributed by atoms with Crippen molar-refractivity contribution < 1.29 is 4.79 Å². The highest BCUT2D eigenvalue weighted by atomic mass is 35.5. The first-order chi connectivity index (χ1) is 9.65. The second-order valence-corrected chi connectivity index (χ2v) is 6.13. The lowest BCUT2D eigenvalue weighted by molar-refractivity contribution is -0.122. The summed E-state index contributed by atoms with van der Waals surface area (Å²) in [6, 6.07) is 7.58. The van der Waals surface area contributed by atoms with E-state index in [0.717, 1.165) is 23.7 Å². The molecule has 2 N–H and O–H groups in total. The number of halogens is 1. The zero-order chi connectivity index (χ0) is 14.4. The molecule has 20 heavy (non-hydrogen) atoms. The van der Waals surface area contributed by atoms with Crippen LogP contribution < -0.4 is 10.6 Å². The van der Waals surface area contributed by atoms with Gasteiger partial charge in [0.2, 0.25) is 5.91 Å². The minimum Gasteiger partial charge on any atom is -0.352 e. The summed E-state index contributed by atoms with van der Waals surface area (Å²) < 4.78 is 0. The molecular formula is C16H23ClN2O. The van der Waals surface area contributed by atoms with Gasteiger partial charge in [-0.2, -0.15) is 0 Å². The Morgan fingerprint density at radius 3 is 2.85 bits per heavy atom. The number of carbonyl (C=O) groups excluding carboxylic acids is 1. The normalized spacial score (nSPS) is 20.4. The molecule has 1 aliphatic heterocycles. The summed E-state index contributed by atoms with van der Waals surface area (Å²) in [7, 11) is 0. The largest absolute Gasteiger partial charge is 0.352 e. The Labute approximate surface area is 126 Å². The maximum atomic E-state index is 12.0. The smallest absolute Gasteiger partial charge is 0.220 e. The molecular weight excluding hydrogens is 272 g/mol. The monoisotopic (exact) mass is 294 g/mol. The van der Waals surface area contributed by atoms with Gasteiger partial charge in [-0.15, -0.1) is 0 Å². The van der Waals surface area contributed by atoms with Crippen LogP contribution >= 0.6 is 11.6 Å². The molecule has 0 saturated carbocycles. The Morgan fingerprint density at radius 1 is 1.45 bits per heavy atom. The average Bonchev–Trinajstić information content (AvgIpc) is 2.47. The van der Waals surface area contributed by atoms with Crippen LogP contribution in [0.2, 0.25) is 5.02 Å². The standard InChI is InChI=1S/C16H23ClN2O/c1-12(14-3-2-8-18-11-14)9-16(20)19-10-13-4-6-15(17)7-5-13/h4-7,12,14,18H,2-3,8-11H2,1H3,(H,19,20). The molecule has 3 nitrogen and oxygen atoms in total. The van der Waals surface area contributed by atoms with E-state index >= 15 is 0 Å². The zero-order valence-electron chi connectivity index (χ0n) is 12.0. The second-order valence-electron chi connectivity index (χ2n) is 5.69. The third-order valence-electron chi connectivity index (χ3n) is 4.05. The summed E-state index contributed by atoms with van der Waals surface area (Å²) in [6.07, 6.45) is 3.07. The van der Waals surface area contributed by atoms with Gasteiger partial charge in [0.1, 0.15) is 0 Å². The highest BCUT2D eigenvalue weighted by molar-refractivity contribution is 6.30. The Hall–Kier alpha value is -1.06. The third-order valence-corrected chi connectivity index (χ3v) is 4.30. The first-order valence-electron chi connectivity index (χ1n) is 7.37. The van der Waals surface area contributed by atoms with Crippen molar-refractivity contribution in [3.05, 3.63) is 34.9 Å². The molecule has 110 valence electrons.